The fraction of sp³-hybridized carbons (Fsp3) is 0.105. The normalized spacial score (nSPS) is 10.3. The first-order valence-electron chi connectivity index (χ1n) is 8.01. The van der Waals surface area contributed by atoms with Gasteiger partial charge in [-0.3, -0.25) is 4.79 Å². The fourth-order valence-electron chi connectivity index (χ4n) is 2.41. The van der Waals surface area contributed by atoms with E-state index in [-0.39, 0.29) is 5.69 Å². The van der Waals surface area contributed by atoms with Gasteiger partial charge in [0.15, 0.2) is 0 Å². The van der Waals surface area contributed by atoms with Crippen molar-refractivity contribution in [2.75, 3.05) is 17.7 Å². The van der Waals surface area contributed by atoms with Crippen LogP contribution in [0.4, 0.5) is 20.3 Å². The Bertz CT molecular complexity index is 946. The van der Waals surface area contributed by atoms with Gasteiger partial charge in [-0.2, -0.15) is 0 Å². The lowest BCUT2D eigenvalue weighted by molar-refractivity contribution is 0.102. The Balaban J connectivity index is 1.72. The van der Waals surface area contributed by atoms with E-state index in [0.717, 1.165) is 17.7 Å². The van der Waals surface area contributed by atoms with E-state index in [1.807, 2.05) is 24.3 Å². The van der Waals surface area contributed by atoms with E-state index < -0.39 is 23.2 Å². The third-order valence-electron chi connectivity index (χ3n) is 3.75. The van der Waals surface area contributed by atoms with Crippen molar-refractivity contribution in [3.8, 4) is 5.75 Å². The highest BCUT2D eigenvalue weighted by molar-refractivity contribution is 6.03. The molecular weight excluding hydrogens is 354 g/mol. The van der Waals surface area contributed by atoms with Gasteiger partial charge in [0.2, 0.25) is 0 Å². The molecule has 0 fully saturated rings. The number of carbonyl (C=O) groups is 1. The molecule has 27 heavy (non-hydrogen) atoms. The lowest BCUT2D eigenvalue weighted by Gasteiger charge is -2.11. The van der Waals surface area contributed by atoms with Gasteiger partial charge in [0.25, 0.3) is 5.91 Å². The summed E-state index contributed by atoms with van der Waals surface area (Å²) in [5.41, 5.74) is 0.345. The second kappa shape index (κ2) is 8.22. The lowest BCUT2D eigenvalue weighted by atomic mass is 10.2. The summed E-state index contributed by atoms with van der Waals surface area (Å²) < 4.78 is 32.6. The number of benzene rings is 2. The van der Waals surface area contributed by atoms with Gasteiger partial charge < -0.3 is 15.4 Å². The maximum atomic E-state index is 13.7. The standard InChI is InChI=1S/C19H16F2N4O2/c1-27-16-8-3-2-5-12(16)10-22-17-9-15(23-11-24-17)19(26)25-18-13(20)6-4-7-14(18)21/h2-9,11H,10H2,1H3,(H,25,26)(H,22,23,24). The second-order valence-electron chi connectivity index (χ2n) is 5.50. The number of hydrogen-bond acceptors (Lipinski definition) is 5. The second-order valence-corrected chi connectivity index (χ2v) is 5.50. The van der Waals surface area contributed by atoms with Crippen LogP contribution in [0, 0.1) is 11.6 Å². The molecule has 3 aromatic rings. The lowest BCUT2D eigenvalue weighted by Crippen LogP contribution is -2.16. The Hall–Kier alpha value is -3.55. The number of halogens is 2. The van der Waals surface area contributed by atoms with Crippen LogP contribution >= 0.6 is 0 Å². The van der Waals surface area contributed by atoms with Crippen molar-refractivity contribution in [1.29, 1.82) is 0 Å². The summed E-state index contributed by atoms with van der Waals surface area (Å²) in [5, 5.41) is 5.25. The molecule has 8 heteroatoms. The molecule has 1 amide bonds. The first-order chi connectivity index (χ1) is 13.1. The molecule has 0 atom stereocenters. The zero-order valence-electron chi connectivity index (χ0n) is 14.4. The number of methoxy groups -OCH3 is 1. The minimum absolute atomic E-state index is 0.0322. The number of aromatic nitrogens is 2. The molecule has 0 spiro atoms. The van der Waals surface area contributed by atoms with E-state index in [1.54, 1.807) is 7.11 Å². The molecule has 1 heterocycles. The molecule has 1 aromatic heterocycles. The van der Waals surface area contributed by atoms with Crippen molar-refractivity contribution in [2.24, 2.45) is 0 Å². The van der Waals surface area contributed by atoms with E-state index in [1.165, 1.54) is 18.5 Å². The van der Waals surface area contributed by atoms with Gasteiger partial charge in [0, 0.05) is 18.2 Å². The van der Waals surface area contributed by atoms with Gasteiger partial charge in [-0.1, -0.05) is 24.3 Å². The fourth-order valence-corrected chi connectivity index (χ4v) is 2.41. The number of para-hydroxylation sites is 2. The van der Waals surface area contributed by atoms with Crippen LogP contribution in [0.5, 0.6) is 5.75 Å². The quantitative estimate of drug-likeness (QED) is 0.693. The Morgan fingerprint density at radius 2 is 1.81 bits per heavy atom. The van der Waals surface area contributed by atoms with E-state index in [0.29, 0.717) is 18.1 Å². The number of rotatable bonds is 6. The van der Waals surface area contributed by atoms with Crippen molar-refractivity contribution in [3.05, 3.63) is 77.8 Å². The smallest absolute Gasteiger partial charge is 0.274 e. The van der Waals surface area contributed by atoms with E-state index in [2.05, 4.69) is 20.6 Å². The van der Waals surface area contributed by atoms with Gasteiger partial charge in [-0.05, 0) is 18.2 Å². The van der Waals surface area contributed by atoms with Crippen molar-refractivity contribution in [1.82, 2.24) is 9.97 Å². The predicted octanol–water partition coefficient (Wildman–Crippen LogP) is 3.63. The molecule has 0 saturated heterocycles. The van der Waals surface area contributed by atoms with Crippen LogP contribution in [-0.2, 0) is 6.54 Å². The molecule has 0 aliphatic rings. The topological polar surface area (TPSA) is 76.1 Å². The third-order valence-corrected chi connectivity index (χ3v) is 3.75. The first kappa shape index (κ1) is 18.2. The predicted molar refractivity (Wildman–Crippen MR) is 96.7 cm³/mol. The molecular formula is C19H16F2N4O2. The summed E-state index contributed by atoms with van der Waals surface area (Å²) in [6.45, 7) is 0.407. The number of nitrogens with zero attached hydrogens (tertiary/aromatic N) is 2. The molecule has 0 bridgehead atoms. The van der Waals surface area contributed by atoms with Crippen molar-refractivity contribution in [2.45, 2.75) is 6.54 Å². The van der Waals surface area contributed by atoms with Crippen molar-refractivity contribution < 1.29 is 18.3 Å². The van der Waals surface area contributed by atoms with E-state index >= 15 is 0 Å². The molecule has 2 aromatic carbocycles. The van der Waals surface area contributed by atoms with Gasteiger partial charge in [0.05, 0.1) is 7.11 Å². The van der Waals surface area contributed by atoms with Crippen LogP contribution in [0.15, 0.2) is 54.9 Å². The van der Waals surface area contributed by atoms with Gasteiger partial charge in [-0.15, -0.1) is 0 Å². The molecule has 0 unspecified atom stereocenters. The Labute approximate surface area is 154 Å². The molecule has 3 rings (SSSR count). The van der Waals surface area contributed by atoms with E-state index in [9.17, 15) is 13.6 Å². The third kappa shape index (κ3) is 4.35. The number of ether oxygens (including phenoxy) is 1. The SMILES string of the molecule is COc1ccccc1CNc1cc(C(=O)Nc2c(F)cccc2F)ncn1. The zero-order valence-corrected chi connectivity index (χ0v) is 14.4. The summed E-state index contributed by atoms with van der Waals surface area (Å²) in [6.07, 6.45) is 1.19. The monoisotopic (exact) mass is 370 g/mol. The van der Waals surface area contributed by atoms with Crippen LogP contribution < -0.4 is 15.4 Å². The molecule has 6 nitrogen and oxygen atoms in total. The highest BCUT2D eigenvalue weighted by Gasteiger charge is 2.15. The van der Waals surface area contributed by atoms with Gasteiger partial charge in [0.1, 0.15) is 40.9 Å². The highest BCUT2D eigenvalue weighted by Crippen LogP contribution is 2.20. The van der Waals surface area contributed by atoms with Crippen LogP contribution in [-0.4, -0.2) is 23.0 Å². The molecule has 0 aliphatic heterocycles. The number of nitrogens with one attached hydrogen (secondary N) is 2. The minimum Gasteiger partial charge on any atom is -0.496 e. The van der Waals surface area contributed by atoms with Gasteiger partial charge >= 0.3 is 0 Å². The van der Waals surface area contributed by atoms with E-state index in [4.69, 9.17) is 4.74 Å². The first-order valence-corrected chi connectivity index (χ1v) is 8.01. The highest BCUT2D eigenvalue weighted by atomic mass is 19.1. The summed E-state index contributed by atoms with van der Waals surface area (Å²) in [7, 11) is 1.58. The van der Waals surface area contributed by atoms with Crippen LogP contribution in [0.25, 0.3) is 0 Å². The largest absolute Gasteiger partial charge is 0.496 e. The molecule has 138 valence electrons. The summed E-state index contributed by atoms with van der Waals surface area (Å²) in [6, 6.07) is 12.2. The van der Waals surface area contributed by atoms with Crippen LogP contribution in [0.3, 0.4) is 0 Å². The van der Waals surface area contributed by atoms with Crippen molar-refractivity contribution >= 4 is 17.4 Å². The Morgan fingerprint density at radius 1 is 1.07 bits per heavy atom. The Kier molecular flexibility index (Phi) is 5.55. The maximum absolute atomic E-state index is 13.7. The summed E-state index contributed by atoms with van der Waals surface area (Å²) >= 11 is 0. The number of carbonyl (C=O) groups excluding carboxylic acids is 1. The zero-order chi connectivity index (χ0) is 19.2. The van der Waals surface area contributed by atoms with Crippen molar-refractivity contribution in [3.63, 3.8) is 0 Å². The summed E-state index contributed by atoms with van der Waals surface area (Å²) in [4.78, 5) is 20.2. The average Bonchev–Trinajstić information content (AvgIpc) is 2.69. The number of hydrogen-bond donors (Lipinski definition) is 2. The van der Waals surface area contributed by atoms with Gasteiger partial charge in [-0.25, -0.2) is 18.7 Å². The molecule has 2 N–H and O–H groups in total. The van der Waals surface area contributed by atoms with Crippen LogP contribution in [0.2, 0.25) is 0 Å². The number of amides is 1. The molecule has 0 saturated carbocycles. The van der Waals surface area contributed by atoms with Crippen LogP contribution in [0.1, 0.15) is 16.1 Å². The minimum atomic E-state index is -0.869. The number of anilines is 2. The summed E-state index contributed by atoms with van der Waals surface area (Å²) in [5.74, 6) is -1.39. The molecule has 0 radical (unpaired) electrons. The maximum Gasteiger partial charge on any atom is 0.274 e. The molecule has 0 aliphatic carbocycles. The Morgan fingerprint density at radius 3 is 2.56 bits per heavy atom. The average molecular weight is 370 g/mol.